The second-order valence-electron chi connectivity index (χ2n) is 5.14. The van der Waals surface area contributed by atoms with Gasteiger partial charge in [-0.05, 0) is 18.6 Å². The number of aromatic hydroxyl groups is 1. The van der Waals surface area contributed by atoms with E-state index >= 15 is 0 Å². The van der Waals surface area contributed by atoms with E-state index in [1.54, 1.807) is 0 Å². The van der Waals surface area contributed by atoms with Crippen LogP contribution in [0.2, 0.25) is 0 Å². The first kappa shape index (κ1) is 17.4. The highest BCUT2D eigenvalue weighted by Gasteiger charge is 2.23. The van der Waals surface area contributed by atoms with Crippen molar-refractivity contribution in [1.82, 2.24) is 9.13 Å². The third-order valence-corrected chi connectivity index (χ3v) is 3.47. The van der Waals surface area contributed by atoms with E-state index in [-0.39, 0.29) is 6.54 Å². The van der Waals surface area contributed by atoms with Crippen LogP contribution in [0.4, 0.5) is 8.78 Å². The average Bonchev–Trinajstić information content (AvgIpc) is 2.49. The van der Waals surface area contributed by atoms with Crippen molar-refractivity contribution in [3.05, 3.63) is 56.2 Å². The lowest BCUT2D eigenvalue weighted by atomic mass is 10.2. The molecule has 0 bridgehead atoms. The zero-order valence-corrected chi connectivity index (χ0v) is 12.8. The van der Waals surface area contributed by atoms with Crippen LogP contribution < -0.4 is 17.0 Å². The largest absolute Gasteiger partial charge is 0.494 e. The van der Waals surface area contributed by atoms with E-state index in [4.69, 9.17) is 11.1 Å². The molecule has 0 aliphatic rings. The fourth-order valence-corrected chi connectivity index (χ4v) is 2.27. The van der Waals surface area contributed by atoms with Gasteiger partial charge in [-0.3, -0.25) is 14.8 Å². The third kappa shape index (κ3) is 2.92. The average molecular weight is 338 g/mol. The van der Waals surface area contributed by atoms with Gasteiger partial charge in [-0.1, -0.05) is 13.3 Å². The van der Waals surface area contributed by atoms with E-state index in [0.717, 1.165) is 16.7 Å². The van der Waals surface area contributed by atoms with E-state index in [9.17, 15) is 23.5 Å². The number of nitrogens with one attached hydrogen (secondary N) is 1. The Balaban J connectivity index is 2.89. The summed E-state index contributed by atoms with van der Waals surface area (Å²) >= 11 is 0. The van der Waals surface area contributed by atoms with Gasteiger partial charge in [-0.2, -0.15) is 0 Å². The minimum absolute atomic E-state index is 0.0462. The Morgan fingerprint density at radius 2 is 2.00 bits per heavy atom. The van der Waals surface area contributed by atoms with Crippen LogP contribution in [-0.2, 0) is 6.54 Å². The molecule has 4 N–H and O–H groups in total. The molecule has 0 spiro atoms. The first-order chi connectivity index (χ1) is 11.3. The lowest BCUT2D eigenvalue weighted by molar-refractivity contribution is 0.389. The van der Waals surface area contributed by atoms with Gasteiger partial charge in [0.15, 0.2) is 0 Å². The van der Waals surface area contributed by atoms with Gasteiger partial charge in [-0.25, -0.2) is 18.1 Å². The van der Waals surface area contributed by atoms with Crippen molar-refractivity contribution in [3.8, 4) is 11.6 Å². The molecule has 1 aromatic heterocycles. The van der Waals surface area contributed by atoms with Gasteiger partial charge in [0.25, 0.3) is 5.56 Å². The van der Waals surface area contributed by atoms with Crippen molar-refractivity contribution in [2.45, 2.75) is 26.3 Å². The van der Waals surface area contributed by atoms with Crippen LogP contribution in [-0.4, -0.2) is 20.1 Å². The maximum absolute atomic E-state index is 14.0. The van der Waals surface area contributed by atoms with Crippen LogP contribution in [0, 0.1) is 17.0 Å². The molecule has 0 aliphatic carbocycles. The number of benzene rings is 1. The summed E-state index contributed by atoms with van der Waals surface area (Å²) in [5.41, 5.74) is 2.06. The molecule has 0 fully saturated rings. The number of rotatable bonds is 5. The molecule has 9 heteroatoms. The van der Waals surface area contributed by atoms with Gasteiger partial charge in [-0.15, -0.1) is 0 Å². The number of amidine groups is 1. The standard InChI is InChI=1S/C15H16F2N4O3/c1-2-3-6-20-13(22)11(12(18)19)14(23)21(15(20)24)10-5-4-8(16)7-9(10)17/h4-5,7,22H,2-3,6H2,1H3,(H3,18,19). The van der Waals surface area contributed by atoms with Gasteiger partial charge in [0.05, 0.1) is 5.69 Å². The Morgan fingerprint density at radius 3 is 2.54 bits per heavy atom. The maximum Gasteiger partial charge on any atom is 0.338 e. The van der Waals surface area contributed by atoms with Crippen LogP contribution >= 0.6 is 0 Å². The minimum Gasteiger partial charge on any atom is -0.494 e. The van der Waals surface area contributed by atoms with Gasteiger partial charge in [0.1, 0.15) is 23.0 Å². The van der Waals surface area contributed by atoms with Crippen molar-refractivity contribution >= 4 is 5.84 Å². The fraction of sp³-hybridized carbons (Fsp3) is 0.267. The maximum atomic E-state index is 14.0. The van der Waals surface area contributed by atoms with Crippen LogP contribution in [0.25, 0.3) is 5.69 Å². The van der Waals surface area contributed by atoms with E-state index in [2.05, 4.69) is 0 Å². The molecular weight excluding hydrogens is 322 g/mol. The van der Waals surface area contributed by atoms with Gasteiger partial charge < -0.3 is 10.8 Å². The van der Waals surface area contributed by atoms with Crippen molar-refractivity contribution in [3.63, 3.8) is 0 Å². The Morgan fingerprint density at radius 1 is 1.33 bits per heavy atom. The van der Waals surface area contributed by atoms with Gasteiger partial charge in [0.2, 0.25) is 5.88 Å². The number of nitrogen functional groups attached to an aromatic ring is 1. The molecule has 0 radical (unpaired) electrons. The van der Waals surface area contributed by atoms with Crippen LogP contribution in [0.5, 0.6) is 5.88 Å². The van der Waals surface area contributed by atoms with E-state index < -0.39 is 45.8 Å². The summed E-state index contributed by atoms with van der Waals surface area (Å²) in [6, 6.07) is 2.34. The van der Waals surface area contributed by atoms with Gasteiger partial charge >= 0.3 is 5.69 Å². The topological polar surface area (TPSA) is 114 Å². The molecule has 2 aromatic rings. The normalized spacial score (nSPS) is 10.8. The number of nitrogens with two attached hydrogens (primary N) is 1. The number of hydrogen-bond acceptors (Lipinski definition) is 4. The quantitative estimate of drug-likeness (QED) is 0.559. The Bertz CT molecular complexity index is 918. The Labute approximate surface area is 135 Å². The molecule has 1 heterocycles. The molecule has 0 aliphatic heterocycles. The molecule has 1 aromatic carbocycles. The predicted octanol–water partition coefficient (Wildman–Crippen LogP) is 1.07. The lowest BCUT2D eigenvalue weighted by Gasteiger charge is -2.15. The molecule has 0 unspecified atom stereocenters. The number of nitrogens with zero attached hydrogens (tertiary/aromatic N) is 2. The SMILES string of the molecule is CCCCn1c(O)c(C(=N)N)c(=O)n(-c2ccc(F)cc2F)c1=O. The van der Waals surface area contributed by atoms with E-state index in [1.165, 1.54) is 0 Å². The van der Waals surface area contributed by atoms with Crippen molar-refractivity contribution in [2.24, 2.45) is 5.73 Å². The third-order valence-electron chi connectivity index (χ3n) is 3.47. The predicted molar refractivity (Wildman–Crippen MR) is 83.8 cm³/mol. The lowest BCUT2D eigenvalue weighted by Crippen LogP contribution is -2.43. The summed E-state index contributed by atoms with van der Waals surface area (Å²) < 4.78 is 28.4. The second-order valence-corrected chi connectivity index (χ2v) is 5.14. The number of halogens is 2. The summed E-state index contributed by atoms with van der Waals surface area (Å²) in [7, 11) is 0. The summed E-state index contributed by atoms with van der Waals surface area (Å²) in [4.78, 5) is 24.9. The first-order valence-electron chi connectivity index (χ1n) is 7.18. The molecule has 0 saturated carbocycles. The number of aromatic nitrogens is 2. The summed E-state index contributed by atoms with van der Waals surface area (Å²) in [6.45, 7) is 1.90. The minimum atomic E-state index is -1.15. The van der Waals surface area contributed by atoms with Crippen LogP contribution in [0.15, 0.2) is 27.8 Å². The Kier molecular flexibility index (Phi) is 4.82. The van der Waals surface area contributed by atoms with Crippen molar-refractivity contribution in [2.75, 3.05) is 0 Å². The zero-order valence-electron chi connectivity index (χ0n) is 12.8. The second kappa shape index (κ2) is 6.65. The first-order valence-corrected chi connectivity index (χ1v) is 7.18. The number of unbranched alkanes of at least 4 members (excludes halogenated alkanes) is 1. The summed E-state index contributed by atoms with van der Waals surface area (Å²) in [5.74, 6) is -3.51. The number of hydrogen-bond donors (Lipinski definition) is 3. The highest BCUT2D eigenvalue weighted by atomic mass is 19.1. The molecule has 7 nitrogen and oxygen atoms in total. The van der Waals surface area contributed by atoms with Crippen LogP contribution in [0.1, 0.15) is 25.3 Å². The van der Waals surface area contributed by atoms with Crippen molar-refractivity contribution < 1.29 is 13.9 Å². The molecule has 0 saturated heterocycles. The summed E-state index contributed by atoms with van der Waals surface area (Å²) in [5, 5.41) is 17.6. The highest BCUT2D eigenvalue weighted by molar-refractivity contribution is 5.96. The Hall–Kier alpha value is -2.97. The molecule has 0 atom stereocenters. The van der Waals surface area contributed by atoms with Crippen molar-refractivity contribution in [1.29, 1.82) is 5.41 Å². The zero-order chi connectivity index (χ0) is 18.0. The monoisotopic (exact) mass is 338 g/mol. The molecule has 0 amide bonds. The molecule has 128 valence electrons. The van der Waals surface area contributed by atoms with Crippen LogP contribution in [0.3, 0.4) is 0 Å². The molecular formula is C15H16F2N4O3. The molecule has 24 heavy (non-hydrogen) atoms. The molecule has 2 rings (SSSR count). The highest BCUT2D eigenvalue weighted by Crippen LogP contribution is 2.15. The fourth-order valence-electron chi connectivity index (χ4n) is 2.27. The van der Waals surface area contributed by atoms with E-state index in [1.807, 2.05) is 6.92 Å². The summed E-state index contributed by atoms with van der Waals surface area (Å²) in [6.07, 6.45) is 1.18. The smallest absolute Gasteiger partial charge is 0.338 e. The van der Waals surface area contributed by atoms with E-state index in [0.29, 0.717) is 23.5 Å². The van der Waals surface area contributed by atoms with Gasteiger partial charge in [0, 0.05) is 12.6 Å².